The van der Waals surface area contributed by atoms with E-state index >= 15 is 0 Å². The summed E-state index contributed by atoms with van der Waals surface area (Å²) >= 11 is 0. The molecule has 1 unspecified atom stereocenters. The molecule has 0 aromatic rings. The van der Waals surface area contributed by atoms with Crippen molar-refractivity contribution in [1.29, 1.82) is 0 Å². The van der Waals surface area contributed by atoms with Crippen LogP contribution in [-0.2, 0) is 0 Å². The second kappa shape index (κ2) is 3.09. The second-order valence-corrected chi connectivity index (χ2v) is 3.65. The molecule has 11 heavy (non-hydrogen) atoms. The Kier molecular flexibility index (Phi) is 2.52. The lowest BCUT2D eigenvalue weighted by molar-refractivity contribution is -0.0104. The van der Waals surface area contributed by atoms with Gasteiger partial charge in [-0.2, -0.15) is 0 Å². The third-order valence-corrected chi connectivity index (χ3v) is 2.77. The summed E-state index contributed by atoms with van der Waals surface area (Å²) in [4.78, 5) is 0. The van der Waals surface area contributed by atoms with Gasteiger partial charge >= 0.3 is 0 Å². The summed E-state index contributed by atoms with van der Waals surface area (Å²) in [6.45, 7) is 1.99. The Morgan fingerprint density at radius 3 is 2.55 bits per heavy atom. The fraction of sp³-hybridized carbons (Fsp3) is 1.00. The zero-order valence-corrected chi connectivity index (χ0v) is 7.09. The summed E-state index contributed by atoms with van der Waals surface area (Å²) in [5, 5.41) is 9.83. The highest BCUT2D eigenvalue weighted by Crippen LogP contribution is 2.29. The van der Waals surface area contributed by atoms with Gasteiger partial charge < -0.3 is 16.6 Å². The van der Waals surface area contributed by atoms with Crippen molar-refractivity contribution in [2.45, 2.75) is 50.3 Å². The van der Waals surface area contributed by atoms with Crippen LogP contribution in [0.15, 0.2) is 0 Å². The number of aliphatic hydroxyl groups is 1. The summed E-state index contributed by atoms with van der Waals surface area (Å²) in [5.41, 5.74) is 10.9. The molecule has 0 aliphatic heterocycles. The zero-order valence-electron chi connectivity index (χ0n) is 7.09. The first-order valence-corrected chi connectivity index (χ1v) is 4.31. The van der Waals surface area contributed by atoms with Crippen LogP contribution in [0, 0.1) is 0 Å². The molecule has 3 heteroatoms. The quantitative estimate of drug-likeness (QED) is 0.501. The predicted molar refractivity (Wildman–Crippen MR) is 45.0 cm³/mol. The van der Waals surface area contributed by atoms with Crippen molar-refractivity contribution in [2.75, 3.05) is 0 Å². The molecule has 1 fully saturated rings. The standard InChI is InChI=1S/C8H18N2O/c1-2-8(11)4-3-6(9)7(10)5-8/h6-7,11H,2-5,9-10H2,1H3/t6-,7+,8?/m0/s1. The van der Waals surface area contributed by atoms with Gasteiger partial charge in [-0.25, -0.2) is 0 Å². The topological polar surface area (TPSA) is 72.3 Å². The molecule has 0 aromatic heterocycles. The first-order chi connectivity index (χ1) is 5.07. The van der Waals surface area contributed by atoms with Crippen LogP contribution in [-0.4, -0.2) is 22.8 Å². The Balaban J connectivity index is 2.51. The van der Waals surface area contributed by atoms with E-state index in [0.29, 0.717) is 6.42 Å². The van der Waals surface area contributed by atoms with Gasteiger partial charge in [-0.3, -0.25) is 0 Å². The molecule has 0 amide bonds. The molecule has 0 bridgehead atoms. The van der Waals surface area contributed by atoms with Crippen LogP contribution in [0.4, 0.5) is 0 Å². The SMILES string of the molecule is CCC1(O)CC[C@H](N)[C@H](N)C1. The van der Waals surface area contributed by atoms with Crippen LogP contribution >= 0.6 is 0 Å². The normalized spacial score (nSPS) is 45.8. The van der Waals surface area contributed by atoms with Crippen molar-refractivity contribution < 1.29 is 5.11 Å². The molecule has 66 valence electrons. The maximum atomic E-state index is 9.83. The minimum atomic E-state index is -0.532. The van der Waals surface area contributed by atoms with Crippen molar-refractivity contribution in [2.24, 2.45) is 11.5 Å². The number of hydrogen-bond acceptors (Lipinski definition) is 3. The van der Waals surface area contributed by atoms with Crippen LogP contribution in [0.3, 0.4) is 0 Å². The van der Waals surface area contributed by atoms with Gasteiger partial charge in [-0.1, -0.05) is 6.92 Å². The van der Waals surface area contributed by atoms with E-state index in [1.54, 1.807) is 0 Å². The van der Waals surface area contributed by atoms with E-state index in [1.165, 1.54) is 0 Å². The first kappa shape index (κ1) is 8.97. The lowest BCUT2D eigenvalue weighted by Gasteiger charge is -2.38. The van der Waals surface area contributed by atoms with Crippen molar-refractivity contribution in [3.63, 3.8) is 0 Å². The fourth-order valence-electron chi connectivity index (χ4n) is 1.66. The third kappa shape index (κ3) is 1.92. The van der Waals surface area contributed by atoms with Gasteiger partial charge in [0.05, 0.1) is 5.60 Å². The molecular weight excluding hydrogens is 140 g/mol. The molecule has 1 aliphatic carbocycles. The molecule has 0 saturated heterocycles. The third-order valence-electron chi connectivity index (χ3n) is 2.77. The van der Waals surface area contributed by atoms with Gasteiger partial charge in [0.15, 0.2) is 0 Å². The Labute approximate surface area is 67.8 Å². The molecule has 0 aromatic carbocycles. The van der Waals surface area contributed by atoms with Crippen molar-refractivity contribution in [3.05, 3.63) is 0 Å². The largest absolute Gasteiger partial charge is 0.390 e. The van der Waals surface area contributed by atoms with E-state index in [0.717, 1.165) is 19.3 Å². The Morgan fingerprint density at radius 2 is 2.09 bits per heavy atom. The van der Waals surface area contributed by atoms with Crippen LogP contribution < -0.4 is 11.5 Å². The minimum Gasteiger partial charge on any atom is -0.390 e. The average Bonchev–Trinajstić information content (AvgIpc) is 1.98. The van der Waals surface area contributed by atoms with Gasteiger partial charge in [-0.05, 0) is 25.7 Å². The lowest BCUT2D eigenvalue weighted by Crippen LogP contribution is -2.52. The smallest absolute Gasteiger partial charge is 0.0661 e. The van der Waals surface area contributed by atoms with Crippen molar-refractivity contribution in [3.8, 4) is 0 Å². The highest BCUT2D eigenvalue weighted by molar-refractivity contribution is 4.93. The molecule has 3 nitrogen and oxygen atoms in total. The van der Waals surface area contributed by atoms with E-state index in [9.17, 15) is 5.11 Å². The van der Waals surface area contributed by atoms with Gasteiger partial charge in [0.2, 0.25) is 0 Å². The van der Waals surface area contributed by atoms with Gasteiger partial charge in [0.25, 0.3) is 0 Å². The van der Waals surface area contributed by atoms with Crippen LogP contribution in [0.25, 0.3) is 0 Å². The summed E-state index contributed by atoms with van der Waals surface area (Å²) in [7, 11) is 0. The van der Waals surface area contributed by atoms with Gasteiger partial charge in [-0.15, -0.1) is 0 Å². The molecule has 1 aliphatic rings. The Hall–Kier alpha value is -0.120. The Bertz CT molecular complexity index is 140. The highest BCUT2D eigenvalue weighted by atomic mass is 16.3. The molecule has 5 N–H and O–H groups in total. The number of nitrogens with two attached hydrogens (primary N) is 2. The number of hydrogen-bond donors (Lipinski definition) is 3. The van der Waals surface area contributed by atoms with Crippen molar-refractivity contribution in [1.82, 2.24) is 0 Å². The van der Waals surface area contributed by atoms with Crippen LogP contribution in [0.1, 0.15) is 32.6 Å². The zero-order chi connectivity index (χ0) is 8.48. The van der Waals surface area contributed by atoms with Gasteiger partial charge in [0, 0.05) is 12.1 Å². The second-order valence-electron chi connectivity index (χ2n) is 3.65. The molecule has 0 heterocycles. The summed E-state index contributed by atoms with van der Waals surface area (Å²) in [6, 6.07) is 0.0653. The van der Waals surface area contributed by atoms with E-state index in [2.05, 4.69) is 0 Å². The van der Waals surface area contributed by atoms with Crippen LogP contribution in [0.5, 0.6) is 0 Å². The number of rotatable bonds is 1. The maximum absolute atomic E-state index is 9.83. The van der Waals surface area contributed by atoms with E-state index in [-0.39, 0.29) is 12.1 Å². The monoisotopic (exact) mass is 158 g/mol. The summed E-state index contributed by atoms with van der Waals surface area (Å²) in [5.74, 6) is 0. The molecule has 0 radical (unpaired) electrons. The molecular formula is C8H18N2O. The van der Waals surface area contributed by atoms with E-state index < -0.39 is 5.60 Å². The molecule has 3 atom stereocenters. The molecule has 1 rings (SSSR count). The Morgan fingerprint density at radius 1 is 1.45 bits per heavy atom. The summed E-state index contributed by atoms with van der Waals surface area (Å²) < 4.78 is 0. The lowest BCUT2D eigenvalue weighted by atomic mass is 9.78. The average molecular weight is 158 g/mol. The van der Waals surface area contributed by atoms with E-state index in [1.807, 2.05) is 6.92 Å². The van der Waals surface area contributed by atoms with Crippen LogP contribution in [0.2, 0.25) is 0 Å². The van der Waals surface area contributed by atoms with Crippen molar-refractivity contribution >= 4 is 0 Å². The van der Waals surface area contributed by atoms with E-state index in [4.69, 9.17) is 11.5 Å². The summed E-state index contributed by atoms with van der Waals surface area (Å²) in [6.07, 6.45) is 3.10. The minimum absolute atomic E-state index is 0.0197. The molecule has 1 saturated carbocycles. The maximum Gasteiger partial charge on any atom is 0.0661 e. The highest BCUT2D eigenvalue weighted by Gasteiger charge is 2.34. The fourth-order valence-corrected chi connectivity index (χ4v) is 1.66. The van der Waals surface area contributed by atoms with Gasteiger partial charge in [0.1, 0.15) is 0 Å². The molecule has 0 spiro atoms. The predicted octanol–water partition coefficient (Wildman–Crippen LogP) is -0.0340. The first-order valence-electron chi connectivity index (χ1n) is 4.31.